The van der Waals surface area contributed by atoms with Gasteiger partial charge >= 0.3 is 18.9 Å². The van der Waals surface area contributed by atoms with E-state index in [0.717, 1.165) is 0 Å². The Morgan fingerprint density at radius 1 is 0.950 bits per heavy atom. The largest absolute Gasteiger partial charge is 1.00 e. The molecule has 0 amide bonds. The van der Waals surface area contributed by atoms with Crippen molar-refractivity contribution in [1.82, 2.24) is 4.57 Å². The third kappa shape index (κ3) is 4.67. The first-order valence-electron chi connectivity index (χ1n) is 7.20. The van der Waals surface area contributed by atoms with Crippen molar-refractivity contribution in [2.45, 2.75) is 52.6 Å². The maximum absolute atomic E-state index is 5.20. The van der Waals surface area contributed by atoms with Gasteiger partial charge in [0.25, 0.3) is 0 Å². The summed E-state index contributed by atoms with van der Waals surface area (Å²) in [6.45, 7) is 13.6. The standard InChI is InChI=1S/C16H29N2Si.Li/c1-12(2)14-10-9-11-15(13(3)4)16(14)17-19(7,8)18(5)6;/h9-13H,1-8H3;/q-1;+1. The van der Waals surface area contributed by atoms with Gasteiger partial charge in [-0.3, -0.25) is 0 Å². The topological polar surface area (TPSA) is 17.3 Å². The molecule has 0 atom stereocenters. The van der Waals surface area contributed by atoms with E-state index in [9.17, 15) is 0 Å². The second-order valence-corrected chi connectivity index (χ2v) is 10.7. The van der Waals surface area contributed by atoms with Crippen molar-refractivity contribution >= 4 is 14.1 Å². The van der Waals surface area contributed by atoms with Crippen LogP contribution in [0.5, 0.6) is 0 Å². The molecule has 20 heavy (non-hydrogen) atoms. The molecule has 0 heterocycles. The Labute approximate surface area is 138 Å². The number of nitrogens with zero attached hydrogens (tertiary/aromatic N) is 2. The van der Waals surface area contributed by atoms with Crippen LogP contribution in [0.2, 0.25) is 13.1 Å². The van der Waals surface area contributed by atoms with Crippen molar-refractivity contribution in [2.24, 2.45) is 0 Å². The van der Waals surface area contributed by atoms with Crippen molar-refractivity contribution in [3.63, 3.8) is 0 Å². The van der Waals surface area contributed by atoms with E-state index in [4.69, 9.17) is 4.98 Å². The van der Waals surface area contributed by atoms with Crippen LogP contribution in [0.1, 0.15) is 50.7 Å². The molecular weight excluding hydrogens is 255 g/mol. The van der Waals surface area contributed by atoms with Crippen LogP contribution in [0.15, 0.2) is 18.2 Å². The predicted molar refractivity (Wildman–Crippen MR) is 88.8 cm³/mol. The van der Waals surface area contributed by atoms with Gasteiger partial charge in [-0.1, -0.05) is 70.1 Å². The maximum atomic E-state index is 5.20. The summed E-state index contributed by atoms with van der Waals surface area (Å²) in [5, 5.41) is 0. The van der Waals surface area contributed by atoms with Gasteiger partial charge in [0, 0.05) is 8.40 Å². The average molecular weight is 284 g/mol. The van der Waals surface area contributed by atoms with Gasteiger partial charge in [-0.15, -0.1) is 5.69 Å². The second-order valence-electron chi connectivity index (χ2n) is 6.60. The number of hydrogen-bond donors (Lipinski definition) is 0. The summed E-state index contributed by atoms with van der Waals surface area (Å²) in [6.07, 6.45) is 0. The summed E-state index contributed by atoms with van der Waals surface area (Å²) in [5.41, 5.74) is 4.01. The minimum Gasteiger partial charge on any atom is -0.675 e. The van der Waals surface area contributed by atoms with Crippen LogP contribution in [-0.4, -0.2) is 27.1 Å². The summed E-state index contributed by atoms with van der Waals surface area (Å²) >= 11 is 0. The second kappa shape index (κ2) is 7.70. The van der Waals surface area contributed by atoms with E-state index in [1.54, 1.807) is 0 Å². The van der Waals surface area contributed by atoms with E-state index in [2.05, 4.69) is 77.6 Å². The third-order valence-corrected chi connectivity index (χ3v) is 6.78. The Kier molecular flexibility index (Phi) is 7.62. The molecular formula is C16H29LiN2Si. The van der Waals surface area contributed by atoms with Crippen LogP contribution in [0, 0.1) is 0 Å². The zero-order valence-electron chi connectivity index (χ0n) is 14.8. The molecule has 1 rings (SSSR count). The molecule has 108 valence electrons. The van der Waals surface area contributed by atoms with Crippen LogP contribution < -0.4 is 18.9 Å². The molecule has 0 bridgehead atoms. The van der Waals surface area contributed by atoms with Gasteiger partial charge in [0.05, 0.1) is 0 Å². The molecule has 0 aliphatic rings. The molecule has 0 spiro atoms. The first-order valence-corrected chi connectivity index (χ1v) is 10.1. The fourth-order valence-corrected chi connectivity index (χ4v) is 3.02. The minimum atomic E-state index is -1.72. The van der Waals surface area contributed by atoms with E-state index in [0.29, 0.717) is 11.8 Å². The number of hydrogen-bond acceptors (Lipinski definition) is 1. The summed E-state index contributed by atoms with van der Waals surface area (Å²) in [4.78, 5) is 5.20. The van der Waals surface area contributed by atoms with Gasteiger partial charge in [0.15, 0.2) is 0 Å². The Morgan fingerprint density at radius 2 is 1.35 bits per heavy atom. The Balaban J connectivity index is 0.00000361. The quantitative estimate of drug-likeness (QED) is 0.758. The molecule has 0 radical (unpaired) electrons. The average Bonchev–Trinajstić information content (AvgIpc) is 2.27. The summed E-state index contributed by atoms with van der Waals surface area (Å²) < 4.78 is 2.30. The zero-order valence-corrected chi connectivity index (χ0v) is 15.8. The molecule has 0 aliphatic carbocycles. The fourth-order valence-electron chi connectivity index (χ4n) is 2.01. The van der Waals surface area contributed by atoms with Crippen LogP contribution in [0.25, 0.3) is 4.98 Å². The zero-order chi connectivity index (χ0) is 14.8. The number of rotatable bonds is 5. The van der Waals surface area contributed by atoms with Crippen LogP contribution in [0.4, 0.5) is 5.69 Å². The Morgan fingerprint density at radius 3 is 1.65 bits per heavy atom. The molecule has 0 saturated heterocycles. The van der Waals surface area contributed by atoms with Gasteiger partial charge in [-0.05, 0) is 25.9 Å². The van der Waals surface area contributed by atoms with Crippen LogP contribution in [-0.2, 0) is 0 Å². The van der Waals surface area contributed by atoms with Crippen molar-refractivity contribution in [3.8, 4) is 0 Å². The maximum Gasteiger partial charge on any atom is 1.00 e. The summed E-state index contributed by atoms with van der Waals surface area (Å²) in [7, 11) is 2.57. The summed E-state index contributed by atoms with van der Waals surface area (Å²) in [6, 6.07) is 6.64. The molecule has 0 saturated carbocycles. The van der Waals surface area contributed by atoms with Gasteiger partial charge in [-0.2, -0.15) is 0 Å². The SMILES string of the molecule is CC(C)c1cccc(C(C)C)c1[N-][Si](C)(C)N(C)C.[Li+]. The Hall–Kier alpha value is -0.206. The minimum absolute atomic E-state index is 0. The number of benzene rings is 1. The smallest absolute Gasteiger partial charge is 0.675 e. The van der Waals surface area contributed by atoms with Crippen molar-refractivity contribution in [1.29, 1.82) is 0 Å². The molecule has 0 unspecified atom stereocenters. The first kappa shape index (κ1) is 19.8. The van der Waals surface area contributed by atoms with E-state index in [-0.39, 0.29) is 18.9 Å². The van der Waals surface area contributed by atoms with Gasteiger partial charge in [-0.25, -0.2) is 0 Å². The molecule has 0 N–H and O–H groups in total. The van der Waals surface area contributed by atoms with Crippen molar-refractivity contribution < 1.29 is 18.9 Å². The fraction of sp³-hybridized carbons (Fsp3) is 0.625. The van der Waals surface area contributed by atoms with E-state index < -0.39 is 8.40 Å². The normalized spacial score (nSPS) is 11.9. The monoisotopic (exact) mass is 284 g/mol. The molecule has 2 nitrogen and oxygen atoms in total. The molecule has 0 fully saturated rings. The molecule has 1 aromatic carbocycles. The van der Waals surface area contributed by atoms with E-state index >= 15 is 0 Å². The van der Waals surface area contributed by atoms with E-state index in [1.165, 1.54) is 16.8 Å². The molecule has 1 aromatic rings. The van der Waals surface area contributed by atoms with Gasteiger partial charge in [0.2, 0.25) is 0 Å². The Bertz CT molecular complexity index is 402. The van der Waals surface area contributed by atoms with Crippen molar-refractivity contribution in [3.05, 3.63) is 34.3 Å². The van der Waals surface area contributed by atoms with Gasteiger partial charge in [0.1, 0.15) is 0 Å². The van der Waals surface area contributed by atoms with Crippen molar-refractivity contribution in [2.75, 3.05) is 14.1 Å². The third-order valence-electron chi connectivity index (χ3n) is 3.82. The molecule has 0 aliphatic heterocycles. The summed E-state index contributed by atoms with van der Waals surface area (Å²) in [5.74, 6) is 1.04. The van der Waals surface area contributed by atoms with Crippen LogP contribution >= 0.6 is 0 Å². The van der Waals surface area contributed by atoms with Crippen LogP contribution in [0.3, 0.4) is 0 Å². The van der Waals surface area contributed by atoms with Gasteiger partial charge < -0.3 is 9.55 Å². The molecule has 4 heteroatoms. The molecule has 0 aromatic heterocycles. The predicted octanol–water partition coefficient (Wildman–Crippen LogP) is 2.21. The van der Waals surface area contributed by atoms with E-state index in [1.807, 2.05) is 0 Å². The first-order chi connectivity index (χ1) is 8.66.